The number of anilines is 1. The number of carbonyl (C=O) groups excluding carboxylic acids is 2. The highest BCUT2D eigenvalue weighted by Gasteiger charge is 2.17. The molecular weight excluding hydrogens is 406 g/mol. The lowest BCUT2D eigenvalue weighted by molar-refractivity contribution is 0.101. The van der Waals surface area contributed by atoms with Gasteiger partial charge in [-0.25, -0.2) is 8.78 Å². The maximum absolute atomic E-state index is 13.7. The van der Waals surface area contributed by atoms with Crippen molar-refractivity contribution < 1.29 is 18.4 Å². The van der Waals surface area contributed by atoms with Crippen molar-refractivity contribution in [1.29, 1.82) is 0 Å². The Morgan fingerprint density at radius 3 is 2.31 bits per heavy atom. The van der Waals surface area contributed by atoms with Gasteiger partial charge in [0.15, 0.2) is 6.29 Å². The standard InChI is InChI=1S/C19H11BrF2N2O2/c20-14-8-11(10-25)9-23-18(14)12-4-6-13(7-5-12)24-19(26)17-15(21)2-1-3-16(17)22/h1-10H,(H,24,26). The molecule has 4 nitrogen and oxygen atoms in total. The van der Waals surface area contributed by atoms with Crippen LogP contribution in [0.4, 0.5) is 14.5 Å². The lowest BCUT2D eigenvalue weighted by Gasteiger charge is -2.09. The second-order valence-corrected chi connectivity index (χ2v) is 6.20. The van der Waals surface area contributed by atoms with Gasteiger partial charge in [0.2, 0.25) is 0 Å². The summed E-state index contributed by atoms with van der Waals surface area (Å²) >= 11 is 3.36. The van der Waals surface area contributed by atoms with E-state index in [-0.39, 0.29) is 0 Å². The molecule has 1 heterocycles. The molecule has 3 rings (SSSR count). The predicted molar refractivity (Wildman–Crippen MR) is 97.1 cm³/mol. The Morgan fingerprint density at radius 1 is 1.08 bits per heavy atom. The summed E-state index contributed by atoms with van der Waals surface area (Å²) in [6.07, 6.45) is 2.14. The van der Waals surface area contributed by atoms with Crippen LogP contribution in [-0.4, -0.2) is 17.2 Å². The fraction of sp³-hybridized carbons (Fsp3) is 0. The molecule has 0 unspecified atom stereocenters. The summed E-state index contributed by atoms with van der Waals surface area (Å²) in [6.45, 7) is 0. The summed E-state index contributed by atoms with van der Waals surface area (Å²) in [6, 6.07) is 11.5. The normalized spacial score (nSPS) is 10.4. The SMILES string of the molecule is O=Cc1cnc(-c2ccc(NC(=O)c3c(F)cccc3F)cc2)c(Br)c1. The average Bonchev–Trinajstić information content (AvgIpc) is 2.62. The Balaban J connectivity index is 1.82. The van der Waals surface area contributed by atoms with Crippen molar-refractivity contribution in [3.8, 4) is 11.3 Å². The van der Waals surface area contributed by atoms with Crippen molar-refractivity contribution in [2.24, 2.45) is 0 Å². The van der Waals surface area contributed by atoms with Crippen molar-refractivity contribution in [3.63, 3.8) is 0 Å². The van der Waals surface area contributed by atoms with Crippen LogP contribution in [0.15, 0.2) is 59.2 Å². The molecule has 0 saturated heterocycles. The van der Waals surface area contributed by atoms with Crippen LogP contribution in [0.1, 0.15) is 20.7 Å². The number of hydrogen-bond acceptors (Lipinski definition) is 3. The topological polar surface area (TPSA) is 59.1 Å². The van der Waals surface area contributed by atoms with E-state index in [9.17, 15) is 18.4 Å². The van der Waals surface area contributed by atoms with E-state index in [1.807, 2.05) is 0 Å². The van der Waals surface area contributed by atoms with Crippen LogP contribution in [0.3, 0.4) is 0 Å². The molecule has 2 aromatic carbocycles. The summed E-state index contributed by atoms with van der Waals surface area (Å²) < 4.78 is 28.0. The largest absolute Gasteiger partial charge is 0.322 e. The number of hydrogen-bond donors (Lipinski definition) is 1. The molecule has 0 atom stereocenters. The van der Waals surface area contributed by atoms with Crippen LogP contribution >= 0.6 is 15.9 Å². The van der Waals surface area contributed by atoms with Gasteiger partial charge in [-0.05, 0) is 46.3 Å². The Bertz CT molecular complexity index is 971. The Labute approximate surface area is 156 Å². The Kier molecular flexibility index (Phi) is 5.18. The summed E-state index contributed by atoms with van der Waals surface area (Å²) in [5.41, 5.74) is 1.54. The third kappa shape index (κ3) is 3.67. The highest BCUT2D eigenvalue weighted by molar-refractivity contribution is 9.10. The minimum Gasteiger partial charge on any atom is -0.322 e. The van der Waals surface area contributed by atoms with E-state index < -0.39 is 23.1 Å². The third-order valence-corrected chi connectivity index (χ3v) is 4.21. The summed E-state index contributed by atoms with van der Waals surface area (Å²) in [5.74, 6) is -2.73. The van der Waals surface area contributed by atoms with Crippen LogP contribution in [-0.2, 0) is 0 Å². The molecule has 0 fully saturated rings. The molecule has 0 aliphatic carbocycles. The number of rotatable bonds is 4. The number of nitrogens with one attached hydrogen (secondary N) is 1. The molecule has 0 radical (unpaired) electrons. The second kappa shape index (κ2) is 7.53. The first kappa shape index (κ1) is 17.9. The van der Waals surface area contributed by atoms with E-state index in [0.29, 0.717) is 27.7 Å². The maximum Gasteiger partial charge on any atom is 0.261 e. The molecule has 26 heavy (non-hydrogen) atoms. The van der Waals surface area contributed by atoms with Gasteiger partial charge < -0.3 is 5.32 Å². The zero-order chi connectivity index (χ0) is 18.7. The fourth-order valence-electron chi connectivity index (χ4n) is 2.35. The molecule has 0 spiro atoms. The second-order valence-electron chi connectivity index (χ2n) is 5.35. The number of benzene rings is 2. The molecule has 7 heteroatoms. The van der Waals surface area contributed by atoms with Gasteiger partial charge in [0.05, 0.1) is 5.69 Å². The maximum atomic E-state index is 13.7. The number of amides is 1. The van der Waals surface area contributed by atoms with Gasteiger partial charge in [0, 0.05) is 27.5 Å². The first-order valence-electron chi connectivity index (χ1n) is 7.46. The number of carbonyl (C=O) groups is 2. The van der Waals surface area contributed by atoms with Gasteiger partial charge in [0.1, 0.15) is 17.2 Å². The number of nitrogens with zero attached hydrogens (tertiary/aromatic N) is 1. The molecule has 0 saturated carbocycles. The molecular formula is C19H11BrF2N2O2. The van der Waals surface area contributed by atoms with Gasteiger partial charge in [-0.15, -0.1) is 0 Å². The molecule has 3 aromatic rings. The van der Waals surface area contributed by atoms with Gasteiger partial charge in [-0.3, -0.25) is 14.6 Å². The Hall–Kier alpha value is -2.93. The number of pyridine rings is 1. The molecule has 1 aromatic heterocycles. The number of aldehydes is 1. The quantitative estimate of drug-likeness (QED) is 0.618. The molecule has 1 N–H and O–H groups in total. The smallest absolute Gasteiger partial charge is 0.261 e. The molecule has 0 aliphatic rings. The van der Waals surface area contributed by atoms with E-state index in [0.717, 1.165) is 17.7 Å². The number of aromatic nitrogens is 1. The van der Waals surface area contributed by atoms with Crippen molar-refractivity contribution in [2.45, 2.75) is 0 Å². The van der Waals surface area contributed by atoms with Crippen molar-refractivity contribution in [1.82, 2.24) is 4.98 Å². The molecule has 1 amide bonds. The summed E-state index contributed by atoms with van der Waals surface area (Å²) in [5, 5.41) is 2.45. The van der Waals surface area contributed by atoms with Gasteiger partial charge in [0.25, 0.3) is 5.91 Å². The summed E-state index contributed by atoms with van der Waals surface area (Å²) in [4.78, 5) is 27.1. The van der Waals surface area contributed by atoms with E-state index in [4.69, 9.17) is 0 Å². The minimum atomic E-state index is -0.928. The third-order valence-electron chi connectivity index (χ3n) is 3.60. The van der Waals surface area contributed by atoms with Gasteiger partial charge in [-0.2, -0.15) is 0 Å². The number of halogens is 3. The first-order valence-corrected chi connectivity index (χ1v) is 8.25. The van der Waals surface area contributed by atoms with Crippen LogP contribution in [0.5, 0.6) is 0 Å². The molecule has 130 valence electrons. The van der Waals surface area contributed by atoms with Crippen LogP contribution in [0, 0.1) is 11.6 Å². The lowest BCUT2D eigenvalue weighted by atomic mass is 10.1. The first-order chi connectivity index (χ1) is 12.5. The van der Waals surface area contributed by atoms with Crippen molar-refractivity contribution in [2.75, 3.05) is 5.32 Å². The zero-order valence-electron chi connectivity index (χ0n) is 13.2. The van der Waals surface area contributed by atoms with E-state index in [1.54, 1.807) is 30.3 Å². The van der Waals surface area contributed by atoms with Gasteiger partial charge in [-0.1, -0.05) is 18.2 Å². The minimum absolute atomic E-state index is 0.377. The average molecular weight is 417 g/mol. The zero-order valence-corrected chi connectivity index (χ0v) is 14.8. The summed E-state index contributed by atoms with van der Waals surface area (Å²) in [7, 11) is 0. The van der Waals surface area contributed by atoms with Crippen LogP contribution in [0.25, 0.3) is 11.3 Å². The highest BCUT2D eigenvalue weighted by atomic mass is 79.9. The van der Waals surface area contributed by atoms with Gasteiger partial charge >= 0.3 is 0 Å². The van der Waals surface area contributed by atoms with Crippen LogP contribution < -0.4 is 5.32 Å². The van der Waals surface area contributed by atoms with Crippen molar-refractivity contribution in [3.05, 3.63) is 82.0 Å². The highest BCUT2D eigenvalue weighted by Crippen LogP contribution is 2.27. The molecule has 0 bridgehead atoms. The van der Waals surface area contributed by atoms with E-state index in [2.05, 4.69) is 26.2 Å². The Morgan fingerprint density at radius 2 is 1.73 bits per heavy atom. The van der Waals surface area contributed by atoms with E-state index >= 15 is 0 Å². The lowest BCUT2D eigenvalue weighted by Crippen LogP contribution is -2.15. The predicted octanol–water partition coefficient (Wildman–Crippen LogP) is 4.85. The fourth-order valence-corrected chi connectivity index (χ4v) is 2.94. The van der Waals surface area contributed by atoms with Crippen LogP contribution in [0.2, 0.25) is 0 Å². The molecule has 0 aliphatic heterocycles. The van der Waals surface area contributed by atoms with Crippen molar-refractivity contribution >= 4 is 33.8 Å². The monoisotopic (exact) mass is 416 g/mol. The van der Waals surface area contributed by atoms with E-state index in [1.165, 1.54) is 12.3 Å².